The fourth-order valence-corrected chi connectivity index (χ4v) is 5.89. The lowest BCUT2D eigenvalue weighted by atomic mass is 10.0. The molecule has 37 heavy (non-hydrogen) atoms. The van der Waals surface area contributed by atoms with Crippen LogP contribution in [0.2, 0.25) is 0 Å². The van der Waals surface area contributed by atoms with Crippen LogP contribution in [0.5, 0.6) is 0 Å². The van der Waals surface area contributed by atoms with Gasteiger partial charge in [0, 0.05) is 18.5 Å². The third-order valence-corrected chi connectivity index (χ3v) is 8.03. The zero-order valence-corrected chi connectivity index (χ0v) is 25.6. The molecule has 1 aliphatic rings. The fourth-order valence-electron chi connectivity index (χ4n) is 4.51. The van der Waals surface area contributed by atoms with Crippen molar-refractivity contribution in [3.8, 4) is 0 Å². The van der Waals surface area contributed by atoms with Gasteiger partial charge in [-0.3, -0.25) is 9.05 Å². The largest absolute Gasteiger partial charge is 0.472 e. The first-order chi connectivity index (χ1) is 18.0. The first-order valence-corrected chi connectivity index (χ1v) is 17.3. The molecule has 0 saturated carbocycles. The number of amides is 1. The van der Waals surface area contributed by atoms with Crippen molar-refractivity contribution in [2.75, 3.05) is 31.7 Å². The zero-order valence-electron chi connectivity index (χ0n) is 23.1. The Morgan fingerprint density at radius 1 is 0.946 bits per heavy atom. The number of rotatable bonds is 24. The maximum Gasteiger partial charge on any atom is 0.472 e. The SMILES string of the molecule is CCCCCCCCCCCCCCCCCCNC(=O)OC[C@@H]1OCCC[C@H]1OP(=O)(O)OCCBr. The molecule has 1 aliphatic heterocycles. The third-order valence-electron chi connectivity index (χ3n) is 6.66. The molecule has 1 heterocycles. The van der Waals surface area contributed by atoms with E-state index >= 15 is 0 Å². The molecule has 1 unspecified atom stereocenters. The highest BCUT2D eigenvalue weighted by molar-refractivity contribution is 9.09. The van der Waals surface area contributed by atoms with Crippen LogP contribution in [-0.2, 0) is 23.1 Å². The van der Waals surface area contributed by atoms with Crippen molar-refractivity contribution in [1.29, 1.82) is 0 Å². The molecule has 1 saturated heterocycles. The highest BCUT2D eigenvalue weighted by atomic mass is 79.9. The summed E-state index contributed by atoms with van der Waals surface area (Å²) in [4.78, 5) is 21.8. The maximum absolute atomic E-state index is 12.0. The number of carbonyl (C=O) groups excluding carboxylic acids is 1. The molecule has 1 amide bonds. The summed E-state index contributed by atoms with van der Waals surface area (Å²) in [6.45, 7) is 3.37. The Kier molecular flexibility index (Phi) is 22.3. The van der Waals surface area contributed by atoms with Crippen LogP contribution < -0.4 is 5.32 Å². The number of alkyl carbamates (subject to hydrolysis) is 1. The number of unbranched alkanes of at least 4 members (excludes halogenated alkanes) is 15. The number of alkyl halides is 1. The number of hydrogen-bond acceptors (Lipinski definition) is 6. The standard InChI is InChI=1S/C27H53BrNO7P/c1-2-3-4-5-6-7-8-9-10-11-12-13-14-15-16-17-21-29-27(30)34-24-26-25(19-18-22-33-26)36-37(31,32)35-23-20-28/h25-26H,2-24H2,1H3,(H,29,30)(H,31,32)/t25-,26+/m1/s1. The first-order valence-electron chi connectivity index (χ1n) is 14.7. The molecule has 220 valence electrons. The van der Waals surface area contributed by atoms with E-state index in [4.69, 9.17) is 18.5 Å². The summed E-state index contributed by atoms with van der Waals surface area (Å²) in [7, 11) is -4.18. The van der Waals surface area contributed by atoms with Gasteiger partial charge in [0.1, 0.15) is 12.7 Å². The van der Waals surface area contributed by atoms with Gasteiger partial charge in [0.2, 0.25) is 0 Å². The molecule has 2 N–H and O–H groups in total. The Morgan fingerprint density at radius 2 is 1.49 bits per heavy atom. The molecule has 1 rings (SSSR count). The van der Waals surface area contributed by atoms with Crippen molar-refractivity contribution < 1.29 is 32.8 Å². The zero-order chi connectivity index (χ0) is 27.0. The lowest BCUT2D eigenvalue weighted by molar-refractivity contribution is -0.0938. The van der Waals surface area contributed by atoms with E-state index in [0.29, 0.717) is 31.3 Å². The summed E-state index contributed by atoms with van der Waals surface area (Å²) in [6, 6.07) is 0. The number of halogens is 1. The van der Waals surface area contributed by atoms with E-state index in [0.717, 1.165) is 12.8 Å². The van der Waals surface area contributed by atoms with Crippen LogP contribution in [0.25, 0.3) is 0 Å². The Hall–Kier alpha value is -0.180. The lowest BCUT2D eigenvalue weighted by Gasteiger charge is -2.31. The Bertz CT molecular complexity index is 599. The van der Waals surface area contributed by atoms with Crippen molar-refractivity contribution in [2.24, 2.45) is 0 Å². The molecule has 0 aromatic heterocycles. The van der Waals surface area contributed by atoms with Crippen LogP contribution in [0, 0.1) is 0 Å². The molecule has 3 atom stereocenters. The number of ether oxygens (including phenoxy) is 2. The molecule has 1 fully saturated rings. The average Bonchev–Trinajstić information content (AvgIpc) is 2.88. The normalized spacial score (nSPS) is 19.4. The van der Waals surface area contributed by atoms with E-state index in [1.165, 1.54) is 89.9 Å². The summed E-state index contributed by atoms with van der Waals surface area (Å²) < 4.78 is 33.0. The summed E-state index contributed by atoms with van der Waals surface area (Å²) in [6.07, 6.45) is 20.5. The summed E-state index contributed by atoms with van der Waals surface area (Å²) in [5, 5.41) is 3.20. The van der Waals surface area contributed by atoms with Crippen LogP contribution in [0.15, 0.2) is 0 Å². The van der Waals surface area contributed by atoms with Gasteiger partial charge in [0.15, 0.2) is 0 Å². The molecule has 0 aromatic rings. The number of nitrogens with one attached hydrogen (secondary N) is 1. The van der Waals surface area contributed by atoms with E-state index < -0.39 is 26.1 Å². The van der Waals surface area contributed by atoms with E-state index in [2.05, 4.69) is 28.2 Å². The number of hydrogen-bond donors (Lipinski definition) is 2. The Morgan fingerprint density at radius 3 is 2.03 bits per heavy atom. The van der Waals surface area contributed by atoms with Crippen molar-refractivity contribution in [2.45, 2.75) is 135 Å². The first kappa shape index (κ1) is 34.8. The number of phosphoric acid groups is 1. The van der Waals surface area contributed by atoms with Crippen LogP contribution in [0.3, 0.4) is 0 Å². The number of carbonyl (C=O) groups is 1. The van der Waals surface area contributed by atoms with Gasteiger partial charge in [-0.2, -0.15) is 0 Å². The average molecular weight is 615 g/mol. The monoisotopic (exact) mass is 613 g/mol. The fraction of sp³-hybridized carbons (Fsp3) is 0.963. The molecule has 10 heteroatoms. The predicted octanol–water partition coefficient (Wildman–Crippen LogP) is 8.05. The van der Waals surface area contributed by atoms with Crippen LogP contribution in [0.1, 0.15) is 122 Å². The minimum Gasteiger partial charge on any atom is -0.447 e. The van der Waals surface area contributed by atoms with Gasteiger partial charge in [-0.1, -0.05) is 119 Å². The second-order valence-electron chi connectivity index (χ2n) is 10.0. The predicted molar refractivity (Wildman–Crippen MR) is 152 cm³/mol. The van der Waals surface area contributed by atoms with Crippen molar-refractivity contribution in [1.82, 2.24) is 5.32 Å². The molecule has 0 radical (unpaired) electrons. The van der Waals surface area contributed by atoms with Crippen LogP contribution in [-0.4, -0.2) is 54.9 Å². The maximum atomic E-state index is 12.0. The highest BCUT2D eigenvalue weighted by Crippen LogP contribution is 2.46. The summed E-state index contributed by atoms with van der Waals surface area (Å²) >= 11 is 3.14. The molecule has 0 aromatic carbocycles. The summed E-state index contributed by atoms with van der Waals surface area (Å²) in [5.74, 6) is 0. The minimum absolute atomic E-state index is 0.0338. The third kappa shape index (κ3) is 20.4. The second kappa shape index (κ2) is 23.7. The van der Waals surface area contributed by atoms with E-state index in [1.54, 1.807) is 0 Å². The molecule has 0 bridgehead atoms. The van der Waals surface area contributed by atoms with Crippen molar-refractivity contribution in [3.63, 3.8) is 0 Å². The van der Waals surface area contributed by atoms with Crippen LogP contribution in [0.4, 0.5) is 4.79 Å². The van der Waals surface area contributed by atoms with Crippen LogP contribution >= 0.6 is 23.8 Å². The van der Waals surface area contributed by atoms with Crippen molar-refractivity contribution in [3.05, 3.63) is 0 Å². The Labute approximate surface area is 234 Å². The quantitative estimate of drug-likeness (QED) is 0.0644. The van der Waals surface area contributed by atoms with Gasteiger partial charge >= 0.3 is 13.9 Å². The highest BCUT2D eigenvalue weighted by Gasteiger charge is 2.35. The molecular weight excluding hydrogens is 561 g/mol. The topological polar surface area (TPSA) is 103 Å². The van der Waals surface area contributed by atoms with Gasteiger partial charge in [-0.05, 0) is 19.3 Å². The summed E-state index contributed by atoms with van der Waals surface area (Å²) in [5.41, 5.74) is 0. The smallest absolute Gasteiger partial charge is 0.447 e. The van der Waals surface area contributed by atoms with Gasteiger partial charge in [-0.15, -0.1) is 0 Å². The van der Waals surface area contributed by atoms with Gasteiger partial charge < -0.3 is 19.7 Å². The van der Waals surface area contributed by atoms with Gasteiger partial charge in [0.05, 0.1) is 12.7 Å². The van der Waals surface area contributed by atoms with E-state index in [1.807, 2.05) is 0 Å². The molecule has 0 aliphatic carbocycles. The molecular formula is C27H53BrNO7P. The van der Waals surface area contributed by atoms with Crippen molar-refractivity contribution >= 4 is 29.8 Å². The van der Waals surface area contributed by atoms with Gasteiger partial charge in [0.25, 0.3) is 0 Å². The lowest BCUT2D eigenvalue weighted by Crippen LogP contribution is -2.40. The van der Waals surface area contributed by atoms with E-state index in [9.17, 15) is 14.3 Å². The second-order valence-corrected chi connectivity index (χ2v) is 12.2. The number of phosphoric ester groups is 1. The van der Waals surface area contributed by atoms with E-state index in [-0.39, 0.29) is 13.2 Å². The molecule has 0 spiro atoms. The molecule has 8 nitrogen and oxygen atoms in total. The Balaban J connectivity index is 1.95. The van der Waals surface area contributed by atoms with Gasteiger partial charge in [-0.25, -0.2) is 9.36 Å². The minimum atomic E-state index is -4.18.